The number of sulfonamides is 1. The molecule has 11 nitrogen and oxygen atoms in total. The number of thioether (sulfide) groups is 1. The van der Waals surface area contributed by atoms with Crippen LogP contribution in [0.1, 0.15) is 32.9 Å². The molecular formula is C31H30ClF3N6O5S2. The standard InChI is InChI=1S/C31H30ClF3N6O5S2/c1-19-3-4-20(2)26(15-19)41-27(17-36-29(43)21-5-8-23(9-6-21)48(44,45)40-11-13-46-14-12-40)38-39-30(41)47-18-28(42)37-25-16-22(31(33,34)35)7-10-24(25)32/h3-10,15-16H,11-14,17-18H2,1-2H3,(H,36,43)(H,37,42). The third kappa shape index (κ3) is 8.18. The maximum Gasteiger partial charge on any atom is 0.416 e. The number of halogens is 4. The molecule has 0 atom stereocenters. The van der Waals surface area contributed by atoms with Gasteiger partial charge in [-0.3, -0.25) is 14.2 Å². The third-order valence-corrected chi connectivity index (χ3v) is 10.5. The van der Waals surface area contributed by atoms with E-state index in [4.69, 9.17) is 16.3 Å². The molecule has 0 bridgehead atoms. The van der Waals surface area contributed by atoms with E-state index in [0.717, 1.165) is 41.1 Å². The van der Waals surface area contributed by atoms with Crippen LogP contribution in [-0.4, -0.2) is 71.4 Å². The van der Waals surface area contributed by atoms with Gasteiger partial charge in [0.25, 0.3) is 5.91 Å². The zero-order chi connectivity index (χ0) is 34.6. The number of hydrogen-bond donors (Lipinski definition) is 2. The third-order valence-electron chi connectivity index (χ3n) is 7.34. The van der Waals surface area contributed by atoms with Crippen LogP contribution in [0.15, 0.2) is 70.7 Å². The number of carbonyl (C=O) groups excluding carboxylic acids is 2. The SMILES string of the molecule is Cc1ccc(C)c(-n2c(CNC(=O)c3ccc(S(=O)(=O)N4CCOCC4)cc3)nnc2SCC(=O)Nc2cc(C(F)(F)F)ccc2Cl)c1. The molecular weight excluding hydrogens is 693 g/mol. The van der Waals surface area contributed by atoms with Crippen molar-refractivity contribution < 1.29 is 35.9 Å². The van der Waals surface area contributed by atoms with Crippen LogP contribution in [0.4, 0.5) is 18.9 Å². The van der Waals surface area contributed by atoms with Crippen molar-refractivity contribution in [2.24, 2.45) is 0 Å². The van der Waals surface area contributed by atoms with Gasteiger partial charge in [-0.15, -0.1) is 10.2 Å². The number of nitrogens with zero attached hydrogens (tertiary/aromatic N) is 4. The Bertz CT molecular complexity index is 1930. The van der Waals surface area contributed by atoms with Crippen molar-refractivity contribution in [3.05, 3.63) is 93.8 Å². The van der Waals surface area contributed by atoms with E-state index in [-0.39, 0.29) is 46.6 Å². The lowest BCUT2D eigenvalue weighted by molar-refractivity contribution is -0.137. The molecule has 0 radical (unpaired) electrons. The van der Waals surface area contributed by atoms with E-state index >= 15 is 0 Å². The van der Waals surface area contributed by atoms with Gasteiger partial charge in [0.1, 0.15) is 0 Å². The predicted molar refractivity (Wildman–Crippen MR) is 174 cm³/mol. The van der Waals surface area contributed by atoms with Crippen LogP contribution in [0.3, 0.4) is 0 Å². The van der Waals surface area contributed by atoms with Gasteiger partial charge in [-0.25, -0.2) is 8.42 Å². The van der Waals surface area contributed by atoms with Crippen LogP contribution in [0, 0.1) is 13.8 Å². The molecule has 3 aromatic carbocycles. The Morgan fingerprint density at radius 3 is 2.40 bits per heavy atom. The minimum Gasteiger partial charge on any atom is -0.379 e. The van der Waals surface area contributed by atoms with Crippen molar-refractivity contribution in [1.29, 1.82) is 0 Å². The highest BCUT2D eigenvalue weighted by Gasteiger charge is 2.31. The number of hydrogen-bond acceptors (Lipinski definition) is 8. The first kappa shape index (κ1) is 35.3. The number of anilines is 1. The van der Waals surface area contributed by atoms with Crippen molar-refractivity contribution in [2.45, 2.75) is 36.6 Å². The van der Waals surface area contributed by atoms with Crippen LogP contribution in [0.5, 0.6) is 0 Å². The molecule has 0 saturated carbocycles. The summed E-state index contributed by atoms with van der Waals surface area (Å²) in [7, 11) is -3.72. The van der Waals surface area contributed by atoms with Crippen molar-refractivity contribution in [2.75, 3.05) is 37.4 Å². The molecule has 1 aliphatic heterocycles. The van der Waals surface area contributed by atoms with E-state index in [0.29, 0.717) is 29.9 Å². The Balaban J connectivity index is 1.31. The first-order valence-corrected chi connectivity index (χ1v) is 17.3. The summed E-state index contributed by atoms with van der Waals surface area (Å²) in [4.78, 5) is 25.9. The minimum atomic E-state index is -4.61. The summed E-state index contributed by atoms with van der Waals surface area (Å²) >= 11 is 7.03. The molecule has 2 heterocycles. The number of ether oxygens (including phenoxy) is 1. The molecule has 1 saturated heterocycles. The number of amides is 2. The van der Waals surface area contributed by atoms with Crippen LogP contribution in [-0.2, 0) is 32.3 Å². The van der Waals surface area contributed by atoms with E-state index in [9.17, 15) is 31.2 Å². The second kappa shape index (κ2) is 14.7. The fourth-order valence-electron chi connectivity index (χ4n) is 4.80. The molecule has 17 heteroatoms. The minimum absolute atomic E-state index is 0.0497. The first-order chi connectivity index (χ1) is 22.7. The van der Waals surface area contributed by atoms with Crippen molar-refractivity contribution in [3.8, 4) is 5.69 Å². The van der Waals surface area contributed by atoms with Gasteiger partial charge >= 0.3 is 6.18 Å². The zero-order valence-corrected chi connectivity index (χ0v) is 28.1. The topological polar surface area (TPSA) is 136 Å². The van der Waals surface area contributed by atoms with Gasteiger partial charge in [0.2, 0.25) is 15.9 Å². The van der Waals surface area contributed by atoms with Gasteiger partial charge in [0.15, 0.2) is 11.0 Å². The molecule has 1 fully saturated rings. The predicted octanol–water partition coefficient (Wildman–Crippen LogP) is 5.24. The van der Waals surface area contributed by atoms with E-state index in [1.54, 1.807) is 4.57 Å². The summed E-state index contributed by atoms with van der Waals surface area (Å²) in [5.41, 5.74) is 1.58. The van der Waals surface area contributed by atoms with Gasteiger partial charge < -0.3 is 15.4 Å². The number of aromatic nitrogens is 3. The van der Waals surface area contributed by atoms with Crippen molar-refractivity contribution in [1.82, 2.24) is 24.4 Å². The van der Waals surface area contributed by atoms with Gasteiger partial charge in [-0.2, -0.15) is 17.5 Å². The van der Waals surface area contributed by atoms with Gasteiger partial charge in [-0.05, 0) is 73.5 Å². The van der Waals surface area contributed by atoms with Crippen LogP contribution in [0.2, 0.25) is 5.02 Å². The number of aryl methyl sites for hydroxylation is 2. The normalized spacial score (nSPS) is 14.1. The fraction of sp³-hybridized carbons (Fsp3) is 0.290. The van der Waals surface area contributed by atoms with Crippen molar-refractivity contribution >= 4 is 50.9 Å². The van der Waals surface area contributed by atoms with Crippen LogP contribution in [0.25, 0.3) is 5.69 Å². The Morgan fingerprint density at radius 1 is 1.00 bits per heavy atom. The number of morpholine rings is 1. The van der Waals surface area contributed by atoms with E-state index in [2.05, 4.69) is 20.8 Å². The molecule has 2 N–H and O–H groups in total. The highest BCUT2D eigenvalue weighted by molar-refractivity contribution is 7.99. The van der Waals surface area contributed by atoms with Crippen LogP contribution >= 0.6 is 23.4 Å². The lowest BCUT2D eigenvalue weighted by Crippen LogP contribution is -2.40. The smallest absolute Gasteiger partial charge is 0.379 e. The molecule has 4 aromatic rings. The average molecular weight is 723 g/mol. The van der Waals surface area contributed by atoms with Gasteiger partial charge in [-0.1, -0.05) is 35.5 Å². The molecule has 1 aliphatic rings. The molecule has 2 amide bonds. The zero-order valence-electron chi connectivity index (χ0n) is 25.7. The molecule has 48 heavy (non-hydrogen) atoms. The molecule has 0 unspecified atom stereocenters. The van der Waals surface area contributed by atoms with E-state index in [1.165, 1.54) is 28.6 Å². The summed E-state index contributed by atoms with van der Waals surface area (Å²) in [6, 6.07) is 14.0. The van der Waals surface area contributed by atoms with Gasteiger partial charge in [0, 0.05) is 18.7 Å². The Morgan fingerprint density at radius 2 is 1.71 bits per heavy atom. The summed E-state index contributed by atoms with van der Waals surface area (Å²) in [5, 5.41) is 13.9. The Labute approximate surface area is 283 Å². The monoisotopic (exact) mass is 722 g/mol. The summed E-state index contributed by atoms with van der Waals surface area (Å²) in [6.07, 6.45) is -4.61. The van der Waals surface area contributed by atoms with Gasteiger partial charge in [0.05, 0.1) is 52.4 Å². The summed E-state index contributed by atoms with van der Waals surface area (Å²) < 4.78 is 73.7. The van der Waals surface area contributed by atoms with E-state index < -0.39 is 33.6 Å². The second-order valence-corrected chi connectivity index (χ2v) is 14.1. The number of benzene rings is 3. The number of nitrogens with one attached hydrogen (secondary N) is 2. The maximum atomic E-state index is 13.2. The number of rotatable bonds is 10. The van der Waals surface area contributed by atoms with Crippen LogP contribution < -0.4 is 10.6 Å². The lowest BCUT2D eigenvalue weighted by atomic mass is 10.1. The summed E-state index contributed by atoms with van der Waals surface area (Å²) in [5.74, 6) is -0.993. The quantitative estimate of drug-likeness (QED) is 0.212. The fourth-order valence-corrected chi connectivity index (χ4v) is 7.14. The molecule has 5 rings (SSSR count). The molecule has 254 valence electrons. The average Bonchev–Trinajstić information content (AvgIpc) is 3.47. The Hall–Kier alpha value is -3.96. The second-order valence-electron chi connectivity index (χ2n) is 10.8. The first-order valence-electron chi connectivity index (χ1n) is 14.5. The van der Waals surface area contributed by atoms with Crippen molar-refractivity contribution in [3.63, 3.8) is 0 Å². The molecule has 0 aliphatic carbocycles. The molecule has 0 spiro atoms. The lowest BCUT2D eigenvalue weighted by Gasteiger charge is -2.26. The largest absolute Gasteiger partial charge is 0.416 e. The Kier molecular flexibility index (Phi) is 10.8. The summed E-state index contributed by atoms with van der Waals surface area (Å²) in [6.45, 7) is 4.83. The van der Waals surface area contributed by atoms with E-state index in [1.807, 2.05) is 32.0 Å². The number of alkyl halides is 3. The highest BCUT2D eigenvalue weighted by atomic mass is 35.5. The maximum absolute atomic E-state index is 13.2. The number of carbonyl (C=O) groups is 2. The highest BCUT2D eigenvalue weighted by Crippen LogP contribution is 2.34. The molecule has 1 aromatic heterocycles.